The summed E-state index contributed by atoms with van der Waals surface area (Å²) in [6, 6.07) is 0. The number of Topliss-reactive ketones (excluding diaryl/α,β-unsaturated/α-hetero) is 1. The number of ketones is 1. The van der Waals surface area contributed by atoms with E-state index in [1.807, 2.05) is 27.7 Å². The molecule has 0 fully saturated rings. The van der Waals surface area contributed by atoms with E-state index >= 15 is 0 Å². The van der Waals surface area contributed by atoms with Crippen LogP contribution in [0.25, 0.3) is 0 Å². The lowest BCUT2D eigenvalue weighted by Crippen LogP contribution is -2.30. The zero-order valence-electron chi connectivity index (χ0n) is 9.46. The summed E-state index contributed by atoms with van der Waals surface area (Å²) >= 11 is 0. The summed E-state index contributed by atoms with van der Waals surface area (Å²) < 4.78 is 5.62. The lowest BCUT2D eigenvalue weighted by Gasteiger charge is -2.20. The standard InChI is InChI=1S/C11H22O2/c1-6-9(5)13-10(7-2)11(12)8(3)4/h8-10H,6-7H2,1-5H3/t9?,10-/m1/s1. The van der Waals surface area contributed by atoms with Crippen LogP contribution in [0.4, 0.5) is 0 Å². The molecule has 2 atom stereocenters. The molecule has 1 unspecified atom stereocenters. The van der Waals surface area contributed by atoms with Crippen LogP contribution in [-0.4, -0.2) is 18.0 Å². The van der Waals surface area contributed by atoms with Crippen molar-refractivity contribution in [3.8, 4) is 0 Å². The molecule has 0 saturated heterocycles. The Kier molecular flexibility index (Phi) is 5.97. The van der Waals surface area contributed by atoms with Gasteiger partial charge in [0.25, 0.3) is 0 Å². The highest BCUT2D eigenvalue weighted by molar-refractivity contribution is 5.84. The Hall–Kier alpha value is -0.370. The summed E-state index contributed by atoms with van der Waals surface area (Å²) in [6.45, 7) is 9.91. The van der Waals surface area contributed by atoms with E-state index in [0.717, 1.165) is 12.8 Å². The quantitative estimate of drug-likeness (QED) is 0.637. The molecule has 2 heteroatoms. The lowest BCUT2D eigenvalue weighted by atomic mass is 10.0. The van der Waals surface area contributed by atoms with E-state index < -0.39 is 0 Å². The van der Waals surface area contributed by atoms with Crippen molar-refractivity contribution in [2.45, 2.75) is 59.7 Å². The van der Waals surface area contributed by atoms with Crippen LogP contribution >= 0.6 is 0 Å². The predicted octanol–water partition coefficient (Wildman–Crippen LogP) is 2.81. The van der Waals surface area contributed by atoms with Crippen LogP contribution in [0, 0.1) is 5.92 Å². The molecule has 0 aliphatic rings. The van der Waals surface area contributed by atoms with Gasteiger partial charge in [-0.05, 0) is 19.8 Å². The molecule has 0 aliphatic heterocycles. The topological polar surface area (TPSA) is 26.3 Å². The summed E-state index contributed by atoms with van der Waals surface area (Å²) in [4.78, 5) is 11.6. The van der Waals surface area contributed by atoms with Gasteiger partial charge in [-0.3, -0.25) is 4.79 Å². The zero-order valence-corrected chi connectivity index (χ0v) is 9.46. The molecule has 0 aliphatic carbocycles. The lowest BCUT2D eigenvalue weighted by molar-refractivity contribution is -0.137. The van der Waals surface area contributed by atoms with Crippen LogP contribution in [0.15, 0.2) is 0 Å². The van der Waals surface area contributed by atoms with Crippen molar-refractivity contribution in [3.63, 3.8) is 0 Å². The smallest absolute Gasteiger partial charge is 0.164 e. The highest BCUT2D eigenvalue weighted by Gasteiger charge is 2.21. The molecule has 2 nitrogen and oxygen atoms in total. The molecule has 0 saturated carbocycles. The Morgan fingerprint density at radius 1 is 1.15 bits per heavy atom. The molecule has 78 valence electrons. The summed E-state index contributed by atoms with van der Waals surface area (Å²) in [5.74, 6) is 0.303. The number of carbonyl (C=O) groups excluding carboxylic acids is 1. The van der Waals surface area contributed by atoms with Gasteiger partial charge in [0.2, 0.25) is 0 Å². The third-order valence-electron chi connectivity index (χ3n) is 2.23. The van der Waals surface area contributed by atoms with Gasteiger partial charge in [0, 0.05) is 5.92 Å². The molecular formula is C11H22O2. The minimum Gasteiger partial charge on any atom is -0.368 e. The average Bonchev–Trinajstić information content (AvgIpc) is 2.12. The van der Waals surface area contributed by atoms with Crippen molar-refractivity contribution in [3.05, 3.63) is 0 Å². The average molecular weight is 186 g/mol. The summed E-state index contributed by atoms with van der Waals surface area (Å²) in [7, 11) is 0. The summed E-state index contributed by atoms with van der Waals surface area (Å²) in [5.41, 5.74) is 0. The molecule has 0 heterocycles. The Bertz CT molecular complexity index is 152. The third-order valence-corrected chi connectivity index (χ3v) is 2.23. The van der Waals surface area contributed by atoms with Gasteiger partial charge in [-0.15, -0.1) is 0 Å². The van der Waals surface area contributed by atoms with Crippen LogP contribution in [0.5, 0.6) is 0 Å². The van der Waals surface area contributed by atoms with E-state index in [9.17, 15) is 4.79 Å². The summed E-state index contributed by atoms with van der Waals surface area (Å²) in [6.07, 6.45) is 1.73. The molecule has 0 rings (SSSR count). The van der Waals surface area contributed by atoms with Gasteiger partial charge in [-0.25, -0.2) is 0 Å². The monoisotopic (exact) mass is 186 g/mol. The number of rotatable bonds is 6. The first-order valence-electron chi connectivity index (χ1n) is 5.22. The van der Waals surface area contributed by atoms with E-state index in [4.69, 9.17) is 4.74 Å². The molecule has 0 N–H and O–H groups in total. The summed E-state index contributed by atoms with van der Waals surface area (Å²) in [5, 5.41) is 0. The van der Waals surface area contributed by atoms with Crippen LogP contribution in [-0.2, 0) is 9.53 Å². The maximum absolute atomic E-state index is 11.6. The number of carbonyl (C=O) groups is 1. The van der Waals surface area contributed by atoms with Crippen LogP contribution < -0.4 is 0 Å². The van der Waals surface area contributed by atoms with E-state index in [2.05, 4.69) is 6.92 Å². The van der Waals surface area contributed by atoms with E-state index in [1.165, 1.54) is 0 Å². The van der Waals surface area contributed by atoms with E-state index in [0.29, 0.717) is 0 Å². The van der Waals surface area contributed by atoms with Gasteiger partial charge in [-0.1, -0.05) is 27.7 Å². The Labute approximate surface area is 81.7 Å². The van der Waals surface area contributed by atoms with Gasteiger partial charge in [-0.2, -0.15) is 0 Å². The third kappa shape index (κ3) is 4.41. The highest BCUT2D eigenvalue weighted by atomic mass is 16.5. The molecule has 0 aromatic heterocycles. The fourth-order valence-electron chi connectivity index (χ4n) is 1.11. The largest absolute Gasteiger partial charge is 0.368 e. The number of hydrogen-bond donors (Lipinski definition) is 0. The van der Waals surface area contributed by atoms with E-state index in [1.54, 1.807) is 0 Å². The molecular weight excluding hydrogens is 164 g/mol. The van der Waals surface area contributed by atoms with Crippen LogP contribution in [0.2, 0.25) is 0 Å². The first-order valence-corrected chi connectivity index (χ1v) is 5.22. The fraction of sp³-hybridized carbons (Fsp3) is 0.909. The van der Waals surface area contributed by atoms with Gasteiger partial charge < -0.3 is 4.74 Å². The van der Waals surface area contributed by atoms with Gasteiger partial charge in [0.05, 0.1) is 6.10 Å². The Morgan fingerprint density at radius 2 is 1.69 bits per heavy atom. The second-order valence-electron chi connectivity index (χ2n) is 3.81. The maximum Gasteiger partial charge on any atom is 0.164 e. The fourth-order valence-corrected chi connectivity index (χ4v) is 1.11. The van der Waals surface area contributed by atoms with Crippen molar-refractivity contribution in [1.82, 2.24) is 0 Å². The molecule has 0 radical (unpaired) electrons. The Morgan fingerprint density at radius 3 is 2.00 bits per heavy atom. The SMILES string of the molecule is CCC(C)O[C@H](CC)C(=O)C(C)C. The van der Waals surface area contributed by atoms with Crippen molar-refractivity contribution in [1.29, 1.82) is 0 Å². The molecule has 0 aromatic carbocycles. The molecule has 0 amide bonds. The first-order chi connectivity index (χ1) is 6.02. The molecule has 0 spiro atoms. The Balaban J connectivity index is 4.10. The maximum atomic E-state index is 11.6. The van der Waals surface area contributed by atoms with E-state index in [-0.39, 0.29) is 23.9 Å². The first kappa shape index (κ1) is 12.6. The van der Waals surface area contributed by atoms with Gasteiger partial charge in [0.15, 0.2) is 5.78 Å². The van der Waals surface area contributed by atoms with Crippen LogP contribution in [0.1, 0.15) is 47.5 Å². The van der Waals surface area contributed by atoms with Crippen molar-refractivity contribution >= 4 is 5.78 Å². The minimum atomic E-state index is -0.199. The highest BCUT2D eigenvalue weighted by Crippen LogP contribution is 2.11. The molecule has 0 aromatic rings. The van der Waals surface area contributed by atoms with Gasteiger partial charge >= 0.3 is 0 Å². The van der Waals surface area contributed by atoms with Gasteiger partial charge in [0.1, 0.15) is 6.10 Å². The minimum absolute atomic E-state index is 0.0778. The molecule has 13 heavy (non-hydrogen) atoms. The van der Waals surface area contributed by atoms with Crippen LogP contribution in [0.3, 0.4) is 0 Å². The molecule has 0 bridgehead atoms. The zero-order chi connectivity index (χ0) is 10.4. The second-order valence-corrected chi connectivity index (χ2v) is 3.81. The number of hydrogen-bond acceptors (Lipinski definition) is 2. The predicted molar refractivity (Wildman–Crippen MR) is 54.8 cm³/mol. The van der Waals surface area contributed by atoms with Crippen molar-refractivity contribution in [2.75, 3.05) is 0 Å². The normalized spacial score (nSPS) is 15.8. The number of ether oxygens (including phenoxy) is 1. The van der Waals surface area contributed by atoms with Crippen molar-refractivity contribution < 1.29 is 9.53 Å². The van der Waals surface area contributed by atoms with Crippen molar-refractivity contribution in [2.24, 2.45) is 5.92 Å². The second kappa shape index (κ2) is 6.14.